The number of hydrogen-bond donors (Lipinski definition) is 0. The molecule has 0 aromatic rings. The molecule has 0 radical (unpaired) electrons. The summed E-state index contributed by atoms with van der Waals surface area (Å²) in [5, 5.41) is 0. The molecule has 2 aliphatic heterocycles. The lowest BCUT2D eigenvalue weighted by atomic mass is 9.74. The molecule has 4 heteroatoms. The lowest BCUT2D eigenvalue weighted by Crippen LogP contribution is -2.73. The van der Waals surface area contributed by atoms with Gasteiger partial charge in [-0.1, -0.05) is 27.7 Å². The minimum absolute atomic E-state index is 0.0947. The molecule has 0 aromatic carbocycles. The highest BCUT2D eigenvalue weighted by Crippen LogP contribution is 2.55. The van der Waals surface area contributed by atoms with Gasteiger partial charge in [-0.25, -0.2) is 4.99 Å². The average Bonchev–Trinajstić information content (AvgIpc) is 2.44. The zero-order valence-electron chi connectivity index (χ0n) is 12.3. The molecule has 0 amide bonds. The first-order valence-electron chi connectivity index (χ1n) is 6.83. The van der Waals surface area contributed by atoms with Gasteiger partial charge in [0.05, 0.1) is 6.10 Å². The molecule has 0 spiro atoms. The highest BCUT2D eigenvalue weighted by atomic mass is 16.9. The second-order valence-corrected chi connectivity index (χ2v) is 6.25. The molecule has 4 nitrogen and oxygen atoms in total. The van der Waals surface area contributed by atoms with Crippen molar-refractivity contribution in [2.75, 3.05) is 7.11 Å². The van der Waals surface area contributed by atoms with E-state index in [1.54, 1.807) is 7.11 Å². The van der Waals surface area contributed by atoms with Gasteiger partial charge in [-0.2, -0.15) is 0 Å². The Balaban J connectivity index is 2.28. The Morgan fingerprint density at radius 1 is 1.28 bits per heavy atom. The Morgan fingerprint density at radius 3 is 2.44 bits per heavy atom. The summed E-state index contributed by atoms with van der Waals surface area (Å²) in [6.45, 7) is 10.7. The third kappa shape index (κ3) is 1.86. The van der Waals surface area contributed by atoms with E-state index in [4.69, 9.17) is 19.2 Å². The molecular formula is C14H25NO3. The normalized spacial score (nSPS) is 38.4. The quantitative estimate of drug-likeness (QED) is 0.758. The van der Waals surface area contributed by atoms with Crippen LogP contribution in [0, 0.1) is 11.8 Å². The molecule has 0 saturated carbocycles. The van der Waals surface area contributed by atoms with Crippen LogP contribution in [0.2, 0.25) is 0 Å². The van der Waals surface area contributed by atoms with E-state index in [2.05, 4.69) is 27.7 Å². The largest absolute Gasteiger partial charge is 0.424 e. The zero-order valence-corrected chi connectivity index (χ0v) is 12.3. The molecule has 18 heavy (non-hydrogen) atoms. The molecular weight excluding hydrogens is 230 g/mol. The van der Waals surface area contributed by atoms with Crippen LogP contribution >= 0.6 is 0 Å². The van der Waals surface area contributed by atoms with Crippen molar-refractivity contribution >= 4 is 5.90 Å². The topological polar surface area (TPSA) is 40.0 Å². The molecule has 104 valence electrons. The van der Waals surface area contributed by atoms with Crippen molar-refractivity contribution < 1.29 is 14.2 Å². The number of rotatable bonds is 5. The maximum Gasteiger partial charge on any atom is 0.357 e. The summed E-state index contributed by atoms with van der Waals surface area (Å²) in [7, 11) is 1.63. The lowest BCUT2D eigenvalue weighted by Gasteiger charge is -2.55. The van der Waals surface area contributed by atoms with Crippen LogP contribution in [0.1, 0.15) is 47.5 Å². The van der Waals surface area contributed by atoms with Gasteiger partial charge in [0, 0.05) is 14.0 Å². The number of aliphatic imine (C=N–C) groups is 1. The van der Waals surface area contributed by atoms with Gasteiger partial charge in [0.15, 0.2) is 11.4 Å². The SMILES string of the molecule is CO[C@@]12OC(C)=NC1(CC(C)C)[C@H](CC(C)C)O2. The van der Waals surface area contributed by atoms with Gasteiger partial charge >= 0.3 is 5.97 Å². The van der Waals surface area contributed by atoms with Gasteiger partial charge in [0.2, 0.25) is 0 Å². The highest BCUT2D eigenvalue weighted by molar-refractivity contribution is 5.76. The van der Waals surface area contributed by atoms with Crippen molar-refractivity contribution in [2.45, 2.75) is 65.1 Å². The van der Waals surface area contributed by atoms with Crippen LogP contribution in [-0.2, 0) is 14.2 Å². The minimum Gasteiger partial charge on any atom is -0.424 e. The average molecular weight is 255 g/mol. The summed E-state index contributed by atoms with van der Waals surface area (Å²) < 4.78 is 17.2. The second kappa shape index (κ2) is 4.49. The molecule has 1 unspecified atom stereocenters. The Bertz CT molecular complexity index is 353. The van der Waals surface area contributed by atoms with E-state index < -0.39 is 5.97 Å². The Morgan fingerprint density at radius 2 is 1.94 bits per heavy atom. The van der Waals surface area contributed by atoms with Gasteiger partial charge in [0.1, 0.15) is 0 Å². The van der Waals surface area contributed by atoms with Crippen LogP contribution in [0.15, 0.2) is 4.99 Å². The standard InChI is InChI=1S/C14H25NO3/c1-9(2)7-12-13(8-10(3)4)14(16-6,18-12)17-11(5)15-13/h9-10,12H,7-8H2,1-6H3/t12-,13?,14+/m0/s1. The first kappa shape index (κ1) is 13.8. The van der Waals surface area contributed by atoms with Crippen molar-refractivity contribution in [2.24, 2.45) is 16.8 Å². The number of ether oxygens (including phenoxy) is 3. The Labute approximate surface area is 110 Å². The monoisotopic (exact) mass is 255 g/mol. The third-order valence-electron chi connectivity index (χ3n) is 3.67. The predicted molar refractivity (Wildman–Crippen MR) is 70.4 cm³/mol. The van der Waals surface area contributed by atoms with Crippen molar-refractivity contribution in [1.29, 1.82) is 0 Å². The Hall–Kier alpha value is -0.610. The molecule has 0 aliphatic carbocycles. The minimum atomic E-state index is -0.971. The second-order valence-electron chi connectivity index (χ2n) is 6.25. The van der Waals surface area contributed by atoms with E-state index in [0.717, 1.165) is 12.8 Å². The van der Waals surface area contributed by atoms with E-state index in [9.17, 15) is 0 Å². The van der Waals surface area contributed by atoms with Crippen LogP contribution < -0.4 is 0 Å². The zero-order chi connectivity index (χ0) is 13.6. The molecule has 1 fully saturated rings. The lowest BCUT2D eigenvalue weighted by molar-refractivity contribution is -0.463. The van der Waals surface area contributed by atoms with Crippen LogP contribution in [0.4, 0.5) is 0 Å². The van der Waals surface area contributed by atoms with E-state index in [1.165, 1.54) is 0 Å². The van der Waals surface area contributed by atoms with Gasteiger partial charge in [0.25, 0.3) is 0 Å². The molecule has 2 heterocycles. The van der Waals surface area contributed by atoms with Crippen molar-refractivity contribution in [3.63, 3.8) is 0 Å². The maximum atomic E-state index is 5.93. The third-order valence-corrected chi connectivity index (χ3v) is 3.67. The summed E-state index contributed by atoms with van der Waals surface area (Å²) in [4.78, 5) is 4.75. The maximum absolute atomic E-state index is 5.93. The number of fused-ring (bicyclic) bond motifs is 1. The number of hydrogen-bond acceptors (Lipinski definition) is 4. The van der Waals surface area contributed by atoms with Crippen molar-refractivity contribution in [1.82, 2.24) is 0 Å². The summed E-state index contributed by atoms with van der Waals surface area (Å²) in [5.41, 5.74) is -0.357. The van der Waals surface area contributed by atoms with Gasteiger partial charge in [-0.05, 0) is 24.7 Å². The van der Waals surface area contributed by atoms with E-state index in [0.29, 0.717) is 17.7 Å². The van der Waals surface area contributed by atoms with Crippen molar-refractivity contribution in [3.8, 4) is 0 Å². The van der Waals surface area contributed by atoms with Gasteiger partial charge < -0.3 is 14.2 Å². The summed E-state index contributed by atoms with van der Waals surface area (Å²) in [5.74, 6) is 0.797. The van der Waals surface area contributed by atoms with Crippen LogP contribution in [0.5, 0.6) is 0 Å². The fourth-order valence-corrected chi connectivity index (χ4v) is 3.14. The molecule has 1 saturated heterocycles. The van der Waals surface area contributed by atoms with E-state index >= 15 is 0 Å². The summed E-state index contributed by atoms with van der Waals surface area (Å²) in [6, 6.07) is 0. The fraction of sp³-hybridized carbons (Fsp3) is 0.929. The van der Waals surface area contributed by atoms with Crippen molar-refractivity contribution in [3.05, 3.63) is 0 Å². The van der Waals surface area contributed by atoms with Crippen LogP contribution in [-0.4, -0.2) is 30.6 Å². The highest BCUT2D eigenvalue weighted by Gasteiger charge is 2.74. The molecule has 3 atom stereocenters. The first-order chi connectivity index (χ1) is 8.35. The first-order valence-corrected chi connectivity index (χ1v) is 6.83. The molecule has 0 bridgehead atoms. The molecule has 0 N–H and O–H groups in total. The number of nitrogens with zero attached hydrogens (tertiary/aromatic N) is 1. The number of methoxy groups -OCH3 is 1. The summed E-state index contributed by atoms with van der Waals surface area (Å²) in [6.07, 6.45) is 2.00. The smallest absolute Gasteiger partial charge is 0.357 e. The van der Waals surface area contributed by atoms with Crippen LogP contribution in [0.3, 0.4) is 0 Å². The predicted octanol–water partition coefficient (Wildman–Crippen LogP) is 2.97. The van der Waals surface area contributed by atoms with E-state index in [1.807, 2.05) is 6.92 Å². The van der Waals surface area contributed by atoms with E-state index in [-0.39, 0.29) is 11.6 Å². The molecule has 0 aromatic heterocycles. The molecule has 2 rings (SSSR count). The Kier molecular flexibility index (Phi) is 3.45. The van der Waals surface area contributed by atoms with Crippen LogP contribution in [0.25, 0.3) is 0 Å². The van der Waals surface area contributed by atoms with Gasteiger partial charge in [-0.15, -0.1) is 0 Å². The van der Waals surface area contributed by atoms with Gasteiger partial charge in [-0.3, -0.25) is 0 Å². The fourth-order valence-electron chi connectivity index (χ4n) is 3.14. The summed E-state index contributed by atoms with van der Waals surface area (Å²) >= 11 is 0. The molecule has 2 aliphatic rings.